The molecule has 0 rings (SSSR count). The molecule has 5 atom stereocenters. The second kappa shape index (κ2) is 68.8. The van der Waals surface area contributed by atoms with Gasteiger partial charge in [-0.3, -0.25) is 37.3 Å². The maximum absolute atomic E-state index is 13.1. The third-order valence-electron chi connectivity index (χ3n) is 18.0. The summed E-state index contributed by atoms with van der Waals surface area (Å²) in [5.41, 5.74) is 0. The number of phosphoric ester groups is 2. The lowest BCUT2D eigenvalue weighted by Gasteiger charge is -2.21. The number of hydrogen-bond acceptors (Lipinski definition) is 15. The third kappa shape index (κ3) is 70.5. The predicted octanol–water partition coefficient (Wildman–Crippen LogP) is 22.7. The van der Waals surface area contributed by atoms with Crippen molar-refractivity contribution in [3.05, 3.63) is 0 Å². The number of hydrogen-bond donors (Lipinski definition) is 3. The first-order valence-electron chi connectivity index (χ1n) is 40.0. The highest BCUT2D eigenvalue weighted by atomic mass is 31.2. The number of ether oxygens (including phenoxy) is 4. The van der Waals surface area contributed by atoms with Gasteiger partial charge in [0.25, 0.3) is 0 Å². The summed E-state index contributed by atoms with van der Waals surface area (Å²) in [6.45, 7) is 9.51. The zero-order valence-corrected chi connectivity index (χ0v) is 64.5. The lowest BCUT2D eigenvalue weighted by molar-refractivity contribution is -0.161. The molecule has 0 aliphatic rings. The van der Waals surface area contributed by atoms with E-state index >= 15 is 0 Å². The van der Waals surface area contributed by atoms with Crippen molar-refractivity contribution in [3.8, 4) is 0 Å². The lowest BCUT2D eigenvalue weighted by Crippen LogP contribution is -2.30. The molecule has 0 aliphatic heterocycles. The summed E-state index contributed by atoms with van der Waals surface area (Å²) < 4.78 is 68.5. The molecule has 19 heteroatoms. The highest BCUT2D eigenvalue weighted by Gasteiger charge is 2.30. The summed E-state index contributed by atoms with van der Waals surface area (Å²) in [7, 11) is -9.91. The molecular formula is C77H150O17P2. The Labute approximate surface area is 588 Å². The van der Waals surface area contributed by atoms with Crippen LogP contribution in [0.25, 0.3) is 0 Å². The van der Waals surface area contributed by atoms with Gasteiger partial charge in [0, 0.05) is 25.7 Å². The molecule has 3 N–H and O–H groups in total. The van der Waals surface area contributed by atoms with E-state index in [1.54, 1.807) is 0 Å². The zero-order valence-electron chi connectivity index (χ0n) is 62.7. The van der Waals surface area contributed by atoms with Crippen LogP contribution in [0.3, 0.4) is 0 Å². The first-order valence-corrected chi connectivity index (χ1v) is 43.0. The summed E-state index contributed by atoms with van der Waals surface area (Å²) >= 11 is 0. The Kier molecular flexibility index (Phi) is 67.4. The number of phosphoric acid groups is 2. The largest absolute Gasteiger partial charge is 0.472 e. The molecule has 2 unspecified atom stereocenters. The van der Waals surface area contributed by atoms with Gasteiger partial charge in [0.1, 0.15) is 19.3 Å². The molecular weight excluding hydrogens is 1260 g/mol. The number of rotatable bonds is 76. The average molecular weight is 1410 g/mol. The van der Waals surface area contributed by atoms with Gasteiger partial charge in [0.05, 0.1) is 26.4 Å². The fourth-order valence-corrected chi connectivity index (χ4v) is 13.4. The van der Waals surface area contributed by atoms with Gasteiger partial charge in [-0.05, 0) is 37.5 Å². The van der Waals surface area contributed by atoms with Crippen molar-refractivity contribution in [2.45, 2.75) is 419 Å². The van der Waals surface area contributed by atoms with Gasteiger partial charge in [-0.1, -0.05) is 350 Å². The minimum Gasteiger partial charge on any atom is -0.462 e. The first kappa shape index (κ1) is 94.1. The highest BCUT2D eigenvalue weighted by molar-refractivity contribution is 7.47. The van der Waals surface area contributed by atoms with E-state index in [1.807, 2.05) is 0 Å². The SMILES string of the molecule is CCCCCCCCCCCCCCCCCCCCCCCCC(=O)O[C@H](COC(=O)CCCCCCCCCCCCCC(C)C)COP(=O)(O)OC[C@@H](O)COP(=O)(O)OC[C@@H](COC(=O)CCCCCCCCC(C)C)OC(=O)CCCCCCCCCCCCC. The molecule has 0 bridgehead atoms. The van der Waals surface area contributed by atoms with E-state index in [-0.39, 0.29) is 25.7 Å². The van der Waals surface area contributed by atoms with E-state index in [4.69, 9.17) is 37.0 Å². The van der Waals surface area contributed by atoms with Crippen molar-refractivity contribution in [2.75, 3.05) is 39.6 Å². The zero-order chi connectivity index (χ0) is 70.7. The molecule has 0 aromatic heterocycles. The molecule has 570 valence electrons. The maximum Gasteiger partial charge on any atom is 0.472 e. The molecule has 0 spiro atoms. The van der Waals surface area contributed by atoms with Gasteiger partial charge >= 0.3 is 39.5 Å². The van der Waals surface area contributed by atoms with Gasteiger partial charge in [-0.25, -0.2) is 9.13 Å². The fourth-order valence-electron chi connectivity index (χ4n) is 11.8. The molecule has 0 radical (unpaired) electrons. The van der Waals surface area contributed by atoms with Crippen LogP contribution in [0.5, 0.6) is 0 Å². The van der Waals surface area contributed by atoms with Gasteiger partial charge in [0.15, 0.2) is 12.2 Å². The number of aliphatic hydroxyl groups excluding tert-OH is 1. The topological polar surface area (TPSA) is 237 Å². The Morgan fingerprint density at radius 2 is 0.479 bits per heavy atom. The van der Waals surface area contributed by atoms with E-state index in [9.17, 15) is 43.2 Å². The van der Waals surface area contributed by atoms with Crippen molar-refractivity contribution in [2.24, 2.45) is 11.8 Å². The first-order chi connectivity index (χ1) is 46.4. The third-order valence-corrected chi connectivity index (χ3v) is 19.9. The van der Waals surface area contributed by atoms with E-state index in [0.717, 1.165) is 102 Å². The molecule has 0 saturated carbocycles. The monoisotopic (exact) mass is 1410 g/mol. The maximum atomic E-state index is 13.1. The molecule has 0 aliphatic carbocycles. The fraction of sp³-hybridized carbons (Fsp3) is 0.948. The van der Waals surface area contributed by atoms with Crippen LogP contribution in [-0.4, -0.2) is 96.7 Å². The van der Waals surface area contributed by atoms with Crippen LogP contribution < -0.4 is 0 Å². The van der Waals surface area contributed by atoms with Crippen molar-refractivity contribution >= 4 is 39.5 Å². The van der Waals surface area contributed by atoms with Crippen molar-refractivity contribution in [1.82, 2.24) is 0 Å². The Morgan fingerprint density at radius 1 is 0.281 bits per heavy atom. The summed E-state index contributed by atoms with van der Waals surface area (Å²) in [5.74, 6) is -0.667. The summed E-state index contributed by atoms with van der Waals surface area (Å²) in [4.78, 5) is 72.7. The van der Waals surface area contributed by atoms with Gasteiger partial charge < -0.3 is 33.8 Å². The van der Waals surface area contributed by atoms with Gasteiger partial charge in [0.2, 0.25) is 0 Å². The van der Waals surface area contributed by atoms with E-state index in [1.165, 1.54) is 212 Å². The van der Waals surface area contributed by atoms with Crippen LogP contribution in [-0.2, 0) is 65.4 Å². The average Bonchev–Trinajstić information content (AvgIpc) is 2.03. The Hall–Kier alpha value is -1.94. The van der Waals surface area contributed by atoms with Crippen molar-refractivity contribution in [3.63, 3.8) is 0 Å². The van der Waals surface area contributed by atoms with Crippen LogP contribution in [0, 0.1) is 11.8 Å². The summed E-state index contributed by atoms with van der Waals surface area (Å²) in [6.07, 6.45) is 57.2. The summed E-state index contributed by atoms with van der Waals surface area (Å²) in [6, 6.07) is 0. The number of unbranched alkanes of at least 4 members (excludes halogenated alkanes) is 46. The second-order valence-electron chi connectivity index (χ2n) is 28.7. The van der Waals surface area contributed by atoms with Crippen LogP contribution in [0.15, 0.2) is 0 Å². The highest BCUT2D eigenvalue weighted by Crippen LogP contribution is 2.45. The van der Waals surface area contributed by atoms with Crippen LogP contribution in [0.4, 0.5) is 0 Å². The smallest absolute Gasteiger partial charge is 0.462 e. The van der Waals surface area contributed by atoms with E-state index < -0.39 is 97.5 Å². The van der Waals surface area contributed by atoms with Gasteiger partial charge in [-0.15, -0.1) is 0 Å². The standard InChI is InChI=1S/C77H150O17P2/c1-7-9-11-13-15-17-19-20-21-22-23-24-25-26-27-28-29-33-38-42-50-56-62-77(82)93-72(65-87-74(79)59-53-47-40-36-34-30-32-35-39-45-51-57-69(3)4)67-91-95(83,84)89-63-71(78)64-90-96(85,86)92-68-73(66-88-75(80)60-54-48-44-43-46-52-58-70(5)6)94-76(81)61-55-49-41-37-31-18-16-14-12-10-8-2/h69-73,78H,7-68H2,1-6H3,(H,83,84)(H,85,86)/t71-,72-,73-/m1/s1. The molecule has 96 heavy (non-hydrogen) atoms. The van der Waals surface area contributed by atoms with E-state index in [0.29, 0.717) is 31.6 Å². The molecule has 0 saturated heterocycles. The normalized spacial score (nSPS) is 14.0. The van der Waals surface area contributed by atoms with Crippen LogP contribution in [0.1, 0.15) is 401 Å². The number of carbonyl (C=O) groups excluding carboxylic acids is 4. The second-order valence-corrected chi connectivity index (χ2v) is 31.6. The molecule has 0 amide bonds. The van der Waals surface area contributed by atoms with E-state index in [2.05, 4.69) is 41.5 Å². The number of esters is 4. The minimum absolute atomic E-state index is 0.106. The number of aliphatic hydroxyl groups is 1. The van der Waals surface area contributed by atoms with Crippen LogP contribution >= 0.6 is 15.6 Å². The Bertz CT molecular complexity index is 1860. The number of carbonyl (C=O) groups is 4. The molecule has 17 nitrogen and oxygen atoms in total. The van der Waals surface area contributed by atoms with Crippen LogP contribution in [0.2, 0.25) is 0 Å². The lowest BCUT2D eigenvalue weighted by atomic mass is 10.0. The molecule has 0 aromatic carbocycles. The molecule has 0 heterocycles. The quantitative estimate of drug-likeness (QED) is 0.0222. The Balaban J connectivity index is 5.17. The molecule has 0 aromatic rings. The van der Waals surface area contributed by atoms with Crippen molar-refractivity contribution in [1.29, 1.82) is 0 Å². The Morgan fingerprint density at radius 3 is 0.708 bits per heavy atom. The molecule has 0 fully saturated rings. The summed E-state index contributed by atoms with van der Waals surface area (Å²) in [5, 5.41) is 10.6. The predicted molar refractivity (Wildman–Crippen MR) is 391 cm³/mol. The minimum atomic E-state index is -4.96. The van der Waals surface area contributed by atoms with Gasteiger partial charge in [-0.2, -0.15) is 0 Å². The van der Waals surface area contributed by atoms with Crippen molar-refractivity contribution < 1.29 is 80.2 Å².